The predicted octanol–water partition coefficient (Wildman–Crippen LogP) is 8.00. The molecular weight excluding hydrogens is 1190 g/mol. The summed E-state index contributed by atoms with van der Waals surface area (Å²) in [4.78, 5) is 89.3. The number of ether oxygens (including phenoxy) is 5. The molecule has 0 radical (unpaired) electrons. The van der Waals surface area contributed by atoms with Crippen LogP contribution < -0.4 is 15.4 Å². The fourth-order valence-electron chi connectivity index (χ4n) is 15.8. The van der Waals surface area contributed by atoms with E-state index in [0.717, 1.165) is 56.1 Å². The molecule has 0 spiro atoms. The zero-order valence-corrected chi connectivity index (χ0v) is 56.1. The molecule has 2 aromatic rings. The molecule has 1 aromatic carbocycles. The number of thiazole rings is 1. The zero-order chi connectivity index (χ0) is 65.1. The van der Waals surface area contributed by atoms with Crippen LogP contribution >= 0.6 is 23.1 Å². The van der Waals surface area contributed by atoms with Crippen molar-refractivity contribution in [3.8, 4) is 5.75 Å². The van der Waals surface area contributed by atoms with E-state index in [-0.39, 0.29) is 111 Å². The first-order chi connectivity index (χ1) is 42.8. The van der Waals surface area contributed by atoms with Crippen LogP contribution in [0.3, 0.4) is 0 Å². The van der Waals surface area contributed by atoms with Crippen molar-refractivity contribution in [2.24, 2.45) is 56.7 Å². The molecule has 2 heterocycles. The Balaban J connectivity index is 0.666. The van der Waals surface area contributed by atoms with Crippen molar-refractivity contribution in [1.29, 1.82) is 0 Å². The highest BCUT2D eigenvalue weighted by Crippen LogP contribution is 2.68. The highest BCUT2D eigenvalue weighted by atomic mass is 32.2. The van der Waals surface area contributed by atoms with E-state index in [2.05, 4.69) is 41.4 Å². The highest BCUT2D eigenvalue weighted by molar-refractivity contribution is 8.15. The molecule has 21 nitrogen and oxygen atoms in total. The lowest BCUT2D eigenvalue weighted by Crippen LogP contribution is -2.58. The van der Waals surface area contributed by atoms with Crippen molar-refractivity contribution in [3.63, 3.8) is 0 Å². The normalized spacial score (nSPS) is 27.8. The lowest BCUT2D eigenvalue weighted by molar-refractivity contribution is -0.174. The topological polar surface area (TPSA) is 285 Å². The van der Waals surface area contributed by atoms with Crippen molar-refractivity contribution in [2.45, 2.75) is 163 Å². The first kappa shape index (κ1) is 71.0. The lowest BCUT2D eigenvalue weighted by Gasteiger charge is -2.62. The van der Waals surface area contributed by atoms with Crippen molar-refractivity contribution >= 4 is 73.9 Å². The summed E-state index contributed by atoms with van der Waals surface area (Å²) in [6.45, 7) is 19.5. The maximum atomic E-state index is 13.8. The summed E-state index contributed by atoms with van der Waals surface area (Å²) in [5.74, 6) is 1.88. The van der Waals surface area contributed by atoms with Crippen LogP contribution in [0.5, 0.6) is 5.75 Å². The second-order valence-corrected chi connectivity index (χ2v) is 29.3. The number of carboxylic acid groups (broad SMARTS) is 1. The Hall–Kier alpha value is -4.85. The molecule has 4 saturated carbocycles. The number of hydrogen-bond acceptors (Lipinski definition) is 18. The molecule has 5 aliphatic carbocycles. The number of aliphatic hydroxyl groups excluding tert-OH is 3. The molecule has 1 aromatic heterocycles. The first-order valence-corrected chi connectivity index (χ1v) is 34.5. The van der Waals surface area contributed by atoms with Crippen LogP contribution in [-0.4, -0.2) is 199 Å². The minimum atomic E-state index is -0.993. The number of Topliss-reactive ketones (excluding diaryl/α,β-unsaturated/α-hetero) is 1. The number of carboxylic acids is 1. The van der Waals surface area contributed by atoms with Gasteiger partial charge in [0.1, 0.15) is 15.8 Å². The summed E-state index contributed by atoms with van der Waals surface area (Å²) in [5.41, 5.74) is 2.22. The van der Waals surface area contributed by atoms with Gasteiger partial charge in [-0.1, -0.05) is 34.6 Å². The number of aliphatic carboxylic acids is 1. The maximum absolute atomic E-state index is 13.8. The second-order valence-electron chi connectivity index (χ2n) is 27.3. The summed E-state index contributed by atoms with van der Waals surface area (Å²) in [5, 5.41) is 49.7. The number of aromatic nitrogens is 1. The molecule has 6 aliphatic rings. The number of allylic oxidation sites excluding steroid dienone is 2. The number of carbonyl (C=O) groups excluding carboxylic acids is 5. The Kier molecular flexibility index (Phi) is 25.1. The number of benzene rings is 1. The maximum Gasteiger partial charge on any atom is 0.415 e. The molecule has 8 rings (SSSR count). The van der Waals surface area contributed by atoms with Crippen molar-refractivity contribution in [1.82, 2.24) is 25.4 Å². The van der Waals surface area contributed by atoms with Gasteiger partial charge >= 0.3 is 12.1 Å². The van der Waals surface area contributed by atoms with Crippen molar-refractivity contribution < 1.29 is 72.9 Å². The zero-order valence-electron chi connectivity index (χ0n) is 54.5. The standard InChI is InChI=1S/C67H100N6O15S2/c1-40(47-13-14-48-57-49(18-21-67(47,48)8)66(7)20-17-45(74)35-44(66)36-52(57)75)11-16-54(76)68-22-10-23-69-55(77)19-27-84-29-31-86-33-34-87-32-30-85-28-26-73(25-24-72(9)56(78)38-65(5,6)58-43(4)59(79)41(2)42(3)60(58)80)64(83)88-46-12-15-50-53(37-46)90-62(70-50)61-71-51(39-89-61)63(81)82/h12,15,37,40,44-45,47-49,51-52,57,60,74-75,80H,10-11,13-14,16-36,38-39H2,1-9H3,(H,68,76)(H,69,77)(H,81,82)/t40-,44+,45-,47-,48+,49+,51?,52-,57+,60?,66+,67-/m0/s1. The van der Waals surface area contributed by atoms with Gasteiger partial charge < -0.3 is 64.5 Å². The number of rotatable bonds is 32. The summed E-state index contributed by atoms with van der Waals surface area (Å²) < 4.78 is 29.3. The van der Waals surface area contributed by atoms with E-state index in [4.69, 9.17) is 23.7 Å². The van der Waals surface area contributed by atoms with Gasteiger partial charge in [-0.2, -0.15) is 0 Å². The van der Waals surface area contributed by atoms with Crippen LogP contribution in [0.2, 0.25) is 0 Å². The number of thioether (sulfide) groups is 1. The van der Waals surface area contributed by atoms with E-state index in [1.807, 2.05) is 13.8 Å². The van der Waals surface area contributed by atoms with Gasteiger partial charge in [-0.05, 0) is 171 Å². The Labute approximate surface area is 539 Å². The molecule has 4 fully saturated rings. The largest absolute Gasteiger partial charge is 0.480 e. The molecule has 2 unspecified atom stereocenters. The molecular formula is C67H100N6O15S2. The fraction of sp³-hybridized carbons (Fsp3) is 0.731. The van der Waals surface area contributed by atoms with Crippen LogP contribution in [0.25, 0.3) is 10.2 Å². The van der Waals surface area contributed by atoms with Gasteiger partial charge in [0.2, 0.25) is 17.7 Å². The Morgan fingerprint density at radius 2 is 1.44 bits per heavy atom. The predicted molar refractivity (Wildman–Crippen MR) is 345 cm³/mol. The highest BCUT2D eigenvalue weighted by Gasteiger charge is 2.63. The number of carbonyl (C=O) groups is 6. The van der Waals surface area contributed by atoms with Gasteiger partial charge in [0, 0.05) is 70.9 Å². The Bertz CT molecular complexity index is 2970. The number of fused-ring (bicyclic) bond motifs is 6. The van der Waals surface area contributed by atoms with E-state index in [9.17, 15) is 49.2 Å². The average molecular weight is 1290 g/mol. The second kappa shape index (κ2) is 31.9. The van der Waals surface area contributed by atoms with Gasteiger partial charge in [0.25, 0.3) is 0 Å². The van der Waals surface area contributed by atoms with Gasteiger partial charge in [-0.3, -0.25) is 24.2 Å². The number of ketones is 1. The molecule has 500 valence electrons. The van der Waals surface area contributed by atoms with Crippen LogP contribution in [0.1, 0.15) is 144 Å². The number of amides is 4. The quantitative estimate of drug-likeness (QED) is 0.0378. The monoisotopic (exact) mass is 1290 g/mol. The smallest absolute Gasteiger partial charge is 0.415 e. The Morgan fingerprint density at radius 3 is 2.12 bits per heavy atom. The number of aliphatic hydroxyl groups is 3. The van der Waals surface area contributed by atoms with E-state index in [0.29, 0.717) is 131 Å². The van der Waals surface area contributed by atoms with Gasteiger partial charge in [-0.25, -0.2) is 14.6 Å². The van der Waals surface area contributed by atoms with E-state index in [1.165, 1.54) is 39.3 Å². The van der Waals surface area contributed by atoms with Crippen LogP contribution in [0.4, 0.5) is 4.79 Å². The third kappa shape index (κ3) is 17.3. The summed E-state index contributed by atoms with van der Waals surface area (Å²) >= 11 is 2.65. The molecule has 6 N–H and O–H groups in total. The summed E-state index contributed by atoms with van der Waals surface area (Å²) in [7, 11) is 1.64. The molecule has 23 heteroatoms. The SMILES string of the molecule is CC1=C(C)C(O)C(C(C)(C)CC(=O)N(C)CCN(CCOCCOCCOCCOCCC(=O)NCCCNC(=O)CC[C@H](C)[C@@H]2CC[C@@H]3[C@@H]4[C@@H](CC[C@]32C)[C@]2(C)CC[C@H](O)C[C@@H]2C[C@@H]4O)C(=O)Oc2ccc3nc(C4=NC(C(=O)O)CS4)sc3c2)=C(C)C1=O. The van der Waals surface area contributed by atoms with E-state index >= 15 is 0 Å². The third-order valence-electron chi connectivity index (χ3n) is 21.1. The van der Waals surface area contributed by atoms with Gasteiger partial charge in [-0.15, -0.1) is 23.1 Å². The van der Waals surface area contributed by atoms with Crippen LogP contribution in [0.15, 0.2) is 45.5 Å². The number of nitrogens with zero attached hydrogens (tertiary/aromatic N) is 4. The lowest BCUT2D eigenvalue weighted by atomic mass is 9.43. The molecule has 12 atom stereocenters. The fourth-order valence-corrected chi connectivity index (χ4v) is 17.9. The van der Waals surface area contributed by atoms with Crippen molar-refractivity contribution in [3.05, 3.63) is 45.5 Å². The first-order valence-electron chi connectivity index (χ1n) is 32.7. The Morgan fingerprint density at radius 1 is 0.800 bits per heavy atom. The molecule has 1 aliphatic heterocycles. The minimum Gasteiger partial charge on any atom is -0.480 e. The summed E-state index contributed by atoms with van der Waals surface area (Å²) in [6.07, 6.45) is 8.26. The number of hydrogen-bond donors (Lipinski definition) is 6. The molecule has 0 saturated heterocycles. The number of nitrogens with one attached hydrogen (secondary N) is 2. The average Bonchev–Trinajstić information content (AvgIpc) is 1.31. The minimum absolute atomic E-state index is 0.0111. The van der Waals surface area contributed by atoms with Crippen molar-refractivity contribution in [2.75, 3.05) is 98.4 Å². The van der Waals surface area contributed by atoms with Crippen LogP contribution in [-0.2, 0) is 42.9 Å². The van der Waals surface area contributed by atoms with Gasteiger partial charge in [0.15, 0.2) is 11.8 Å². The molecule has 0 bridgehead atoms. The molecule has 90 heavy (non-hydrogen) atoms. The van der Waals surface area contributed by atoms with Gasteiger partial charge in [0.05, 0.1) is 81.4 Å². The number of aliphatic imine (C=N–C) groups is 1. The summed E-state index contributed by atoms with van der Waals surface area (Å²) in [6, 6.07) is 4.21. The number of likely N-dealkylation sites (N-methyl/N-ethyl adjacent to an activating group) is 1. The molecule has 4 amide bonds. The van der Waals surface area contributed by atoms with Crippen LogP contribution in [0, 0.1) is 51.8 Å². The van der Waals surface area contributed by atoms with E-state index < -0.39 is 29.6 Å². The third-order valence-corrected chi connectivity index (χ3v) is 23.3. The van der Waals surface area contributed by atoms with E-state index in [1.54, 1.807) is 46.0 Å².